The summed E-state index contributed by atoms with van der Waals surface area (Å²) in [6.07, 6.45) is -39.4. The topological polar surface area (TPSA) is 580 Å². The van der Waals surface area contributed by atoms with Crippen LogP contribution in [-0.4, -0.2) is 366 Å². The van der Waals surface area contributed by atoms with Gasteiger partial charge in [0, 0.05) is 94.0 Å². The Hall–Kier alpha value is -3.42. The second kappa shape index (κ2) is 47.9. The van der Waals surface area contributed by atoms with Gasteiger partial charge in [0.2, 0.25) is 5.91 Å². The minimum atomic E-state index is -2.89. The molecular weight excluding hydrogens is 1610 g/mol. The first-order valence-electron chi connectivity index (χ1n) is 43.7. The van der Waals surface area contributed by atoms with Crippen LogP contribution in [0.25, 0.3) is 0 Å². The highest BCUT2D eigenvalue weighted by molar-refractivity contribution is 5.82. The zero-order valence-electron chi connectivity index (χ0n) is 72.4. The van der Waals surface area contributed by atoms with Crippen molar-refractivity contribution in [1.29, 1.82) is 0 Å². The number of carbonyl (C=O) groups is 2. The van der Waals surface area contributed by atoms with Gasteiger partial charge in [0.15, 0.2) is 43.5 Å². The van der Waals surface area contributed by atoms with Crippen LogP contribution in [-0.2, 0) is 75.9 Å². The minimum absolute atomic E-state index is 0.00178. The summed E-state index contributed by atoms with van der Waals surface area (Å²) in [6.45, 7) is 19.9. The molecule has 21 N–H and O–H groups in total. The van der Waals surface area contributed by atoms with Crippen molar-refractivity contribution in [1.82, 2.24) is 5.32 Å². The van der Waals surface area contributed by atoms with Crippen LogP contribution < -0.4 is 5.32 Å². The average Bonchev–Trinajstić information content (AvgIpc) is 0.775. The number of carbonyl (C=O) groups excluding carboxylic acids is 2. The van der Waals surface area contributed by atoms with Crippen LogP contribution in [0.1, 0.15) is 186 Å². The molecule has 0 aromatic rings. The highest BCUT2D eigenvalue weighted by Crippen LogP contribution is 2.43. The molecule has 21 unspecified atom stereocenters. The van der Waals surface area contributed by atoms with E-state index in [1.807, 2.05) is 20.8 Å². The van der Waals surface area contributed by atoms with Gasteiger partial charge in [-0.2, -0.15) is 0 Å². The van der Waals surface area contributed by atoms with Gasteiger partial charge in [-0.05, 0) is 85.5 Å². The number of aliphatic hydroxyl groups excluding tert-OH is 19. The van der Waals surface area contributed by atoms with Crippen molar-refractivity contribution < 1.29 is 178 Å². The maximum atomic E-state index is 13.8. The Kier molecular flexibility index (Phi) is 40.8. The first kappa shape index (κ1) is 104. The molecule has 46 atom stereocenters. The molecule has 37 heteroatoms. The Balaban J connectivity index is 1.08. The summed E-state index contributed by atoms with van der Waals surface area (Å²) in [7, 11) is 0. The van der Waals surface area contributed by atoms with E-state index in [0.717, 1.165) is 13.0 Å². The van der Waals surface area contributed by atoms with E-state index in [0.29, 0.717) is 32.1 Å². The number of cyclic esters (lactones) is 1. The molecule has 1 amide bonds. The molecule has 7 fully saturated rings. The highest BCUT2D eigenvalue weighted by Gasteiger charge is 2.57. The van der Waals surface area contributed by atoms with E-state index >= 15 is 0 Å². The fraction of sp³-hybridized carbons (Fsp3) is 0.882. The molecule has 8 aliphatic rings. The van der Waals surface area contributed by atoms with Crippen LogP contribution in [0.4, 0.5) is 0 Å². The predicted octanol–water partition coefficient (Wildman–Crippen LogP) is -1.33. The molecule has 8 aliphatic heterocycles. The second-order valence-corrected chi connectivity index (χ2v) is 35.5. The Labute approximate surface area is 714 Å². The number of allylic oxidation sites excluding steroid dienone is 4. The summed E-state index contributed by atoms with van der Waals surface area (Å²) < 4.78 is 88.0. The standard InChI is InChI=1S/C85H145NO36/c1-14-58(115-67-30-28-60(45(9)110-67)116-66-29-27-53(92)44(8)109-66)41(5)70(98)43(7)71(99)42(6)59-23-19-15-17-22-51(90)32-54(93)39(3)55(94)33-61(117-82-69(86-49(13)88)76(104)75(103)64(37-87)119-82)40(4)62-34-57(96)81(107)85(108,122-62)36-63(38(2)25-26-52(91)31-50(89)21-18-16-20-24-65(97)114-59)118-84-80(121-83-78(106)77(105)73(101)47(11)112-83)79(74(102)48(12)113-84)120-68-35-56(95)72(100)46(10)111-68/h15-20,22,24,38-48,50-64,66-84,87,89-96,98-108H,14,21,23,25-37H2,1-13H3,(H,86,88)/t38?,39?,40?,41?,42?,43?,44-,45-,46-,47-,48-,50?,51?,52?,53+,54?,55?,56-,57?,58?,59?,60+,61?,62?,63?,64-,66+,67+,68+,69-,70?,71?,72-,73-,74-,75+,76-,77+,78-,79+,80-,81?,82-,83+,84+,85?/m1/s1. The molecule has 7 saturated heterocycles. The zero-order chi connectivity index (χ0) is 90.2. The van der Waals surface area contributed by atoms with Gasteiger partial charge < -0.3 is 174 Å². The number of fused-ring (bicyclic) bond motifs is 2. The van der Waals surface area contributed by atoms with Gasteiger partial charge in [0.1, 0.15) is 79.3 Å². The van der Waals surface area contributed by atoms with Crippen molar-refractivity contribution in [2.75, 3.05) is 6.61 Å². The number of ether oxygens (including phenoxy) is 14. The Morgan fingerprint density at radius 3 is 1.81 bits per heavy atom. The van der Waals surface area contributed by atoms with Crippen LogP contribution in [0.5, 0.6) is 0 Å². The van der Waals surface area contributed by atoms with Crippen molar-refractivity contribution in [2.24, 2.45) is 35.5 Å². The van der Waals surface area contributed by atoms with Crippen LogP contribution >= 0.6 is 0 Å². The smallest absolute Gasteiger partial charge is 0.331 e. The zero-order valence-corrected chi connectivity index (χ0v) is 72.4. The van der Waals surface area contributed by atoms with E-state index in [1.165, 1.54) is 58.9 Å². The molecule has 0 spiro atoms. The molecule has 0 aromatic heterocycles. The fourth-order valence-corrected chi connectivity index (χ4v) is 17.5. The molecule has 8 heterocycles. The van der Waals surface area contributed by atoms with Gasteiger partial charge in [0.25, 0.3) is 0 Å². The number of hydrogen-bond acceptors (Lipinski definition) is 36. The third-order valence-corrected chi connectivity index (χ3v) is 26.0. The summed E-state index contributed by atoms with van der Waals surface area (Å²) in [6, 6.07) is -1.56. The van der Waals surface area contributed by atoms with E-state index in [-0.39, 0.29) is 63.3 Å². The lowest BCUT2D eigenvalue weighted by Crippen LogP contribution is -2.66. The summed E-state index contributed by atoms with van der Waals surface area (Å²) in [5, 5.41) is 232. The molecule has 8 rings (SSSR count). The van der Waals surface area contributed by atoms with Crippen molar-refractivity contribution in [2.45, 2.75) is 431 Å². The molecule has 2 bridgehead atoms. The molecule has 0 saturated carbocycles. The van der Waals surface area contributed by atoms with Gasteiger partial charge in [-0.25, -0.2) is 4.79 Å². The molecule has 0 radical (unpaired) electrons. The van der Waals surface area contributed by atoms with Gasteiger partial charge in [-0.1, -0.05) is 91.0 Å². The van der Waals surface area contributed by atoms with Gasteiger partial charge >= 0.3 is 5.97 Å². The lowest BCUT2D eigenvalue weighted by Gasteiger charge is -2.50. The maximum Gasteiger partial charge on any atom is 0.331 e. The molecule has 0 aliphatic carbocycles. The van der Waals surface area contributed by atoms with Crippen molar-refractivity contribution in [3.63, 3.8) is 0 Å². The fourth-order valence-electron chi connectivity index (χ4n) is 17.5. The lowest BCUT2D eigenvalue weighted by atomic mass is 9.79. The lowest BCUT2D eigenvalue weighted by molar-refractivity contribution is -0.391. The summed E-state index contributed by atoms with van der Waals surface area (Å²) in [5.74, 6) is -9.86. The van der Waals surface area contributed by atoms with Crippen LogP contribution in [0.15, 0.2) is 48.6 Å². The van der Waals surface area contributed by atoms with E-state index in [4.69, 9.17) is 66.3 Å². The molecule has 122 heavy (non-hydrogen) atoms. The van der Waals surface area contributed by atoms with Gasteiger partial charge in [-0.15, -0.1) is 0 Å². The maximum absolute atomic E-state index is 13.8. The summed E-state index contributed by atoms with van der Waals surface area (Å²) >= 11 is 0. The summed E-state index contributed by atoms with van der Waals surface area (Å²) in [4.78, 5) is 26.6. The van der Waals surface area contributed by atoms with Gasteiger partial charge in [-0.3, -0.25) is 4.79 Å². The SMILES string of the molecule is CCC(O[C@H]1CC[C@H](O[C@H]2CC[C@H](O)[C@@H](C)O2)[C@@H](C)O1)C(C)C(O)C(C)C(O)C(C)C1CC=CC=CC(O)CC(O)C(C)C(O)CC(O[C@@H]2O[C@H](CO)[C@H](O)[C@H](O)[C@H]2NC(C)=O)C(C)C2CC(O)C(O)C(O)(CC(O[C@@H]3O[C@H](C)[C@@H](O)[C@H](O[C@H]4C[C@@H](O)[C@H](O)[C@@H](C)O4)[C@H]3O[C@@H]3O[C@H](C)[C@@H](O)[C@H](O)[C@H]3O)C(C)CCC(O)CC(O)CC=CC=CC(=O)O1)O2. The van der Waals surface area contributed by atoms with E-state index in [9.17, 15) is 112 Å². The monoisotopic (exact) mass is 1760 g/mol. The number of amides is 1. The average molecular weight is 1760 g/mol. The molecule has 0 aromatic carbocycles. The number of nitrogens with one attached hydrogen (secondary N) is 1. The largest absolute Gasteiger partial charge is 0.458 e. The highest BCUT2D eigenvalue weighted by atomic mass is 16.8. The van der Waals surface area contributed by atoms with Crippen molar-refractivity contribution in [3.05, 3.63) is 48.6 Å². The minimum Gasteiger partial charge on any atom is -0.458 e. The first-order valence-corrected chi connectivity index (χ1v) is 43.7. The molecule has 37 nitrogen and oxygen atoms in total. The predicted molar refractivity (Wildman–Crippen MR) is 429 cm³/mol. The van der Waals surface area contributed by atoms with E-state index in [1.54, 1.807) is 45.9 Å². The normalized spacial score (nSPS) is 46.2. The number of aliphatic hydroxyl groups is 20. The quantitative estimate of drug-likeness (QED) is 0.0592. The Morgan fingerprint density at radius 2 is 1.15 bits per heavy atom. The van der Waals surface area contributed by atoms with E-state index in [2.05, 4.69) is 5.32 Å². The Morgan fingerprint density at radius 1 is 0.516 bits per heavy atom. The van der Waals surface area contributed by atoms with Crippen LogP contribution in [0.3, 0.4) is 0 Å². The number of esters is 1. The van der Waals surface area contributed by atoms with Crippen molar-refractivity contribution in [3.8, 4) is 0 Å². The summed E-state index contributed by atoms with van der Waals surface area (Å²) in [5.41, 5.74) is 0. The third kappa shape index (κ3) is 28.1. The molecule has 706 valence electrons. The van der Waals surface area contributed by atoms with Crippen LogP contribution in [0.2, 0.25) is 0 Å². The third-order valence-electron chi connectivity index (χ3n) is 26.0. The first-order chi connectivity index (χ1) is 57.4. The van der Waals surface area contributed by atoms with Crippen molar-refractivity contribution >= 4 is 11.9 Å². The number of rotatable bonds is 21. The second-order valence-electron chi connectivity index (χ2n) is 35.5. The van der Waals surface area contributed by atoms with Gasteiger partial charge in [0.05, 0.1) is 129 Å². The number of hydrogen-bond donors (Lipinski definition) is 21. The molecular formula is C85H145NO36. The Bertz CT molecular complexity index is 3210. The van der Waals surface area contributed by atoms with Crippen LogP contribution in [0, 0.1) is 35.5 Å². The van der Waals surface area contributed by atoms with E-state index < -0.39 is 300 Å².